The minimum atomic E-state index is -0.0381. The van der Waals surface area contributed by atoms with E-state index in [1.807, 2.05) is 42.5 Å². The molecule has 4 aromatic rings. The number of aromatic nitrogens is 1. The molecule has 0 spiro atoms. The molecule has 0 saturated carbocycles. The highest BCUT2D eigenvalue weighted by atomic mass is 32.1. The minimum absolute atomic E-state index is 0.0381. The molecule has 0 N–H and O–H groups in total. The molecule has 1 aliphatic rings. The third kappa shape index (κ3) is 3.22. The van der Waals surface area contributed by atoms with E-state index in [0.717, 1.165) is 28.8 Å². The number of benzene rings is 2. The summed E-state index contributed by atoms with van der Waals surface area (Å²) in [4.78, 5) is 19.9. The zero-order valence-electron chi connectivity index (χ0n) is 15.4. The van der Waals surface area contributed by atoms with E-state index in [-0.39, 0.29) is 5.91 Å². The maximum Gasteiger partial charge on any atom is 0.260 e. The topological polar surface area (TPSA) is 46.3 Å². The average molecular weight is 388 g/mol. The number of fused-ring (bicyclic) bond motifs is 2. The molecule has 0 fully saturated rings. The third-order valence-corrected chi connectivity index (χ3v) is 6.31. The molecule has 0 bridgehead atoms. The van der Waals surface area contributed by atoms with Gasteiger partial charge < -0.3 is 4.42 Å². The highest BCUT2D eigenvalue weighted by molar-refractivity contribution is 7.22. The van der Waals surface area contributed by atoms with Gasteiger partial charge in [-0.05, 0) is 73.2 Å². The molecule has 0 atom stereocenters. The summed E-state index contributed by atoms with van der Waals surface area (Å²) in [5.74, 6) is 0.703. The summed E-state index contributed by atoms with van der Waals surface area (Å²) < 4.78 is 6.59. The Morgan fingerprint density at radius 1 is 1.04 bits per heavy atom. The highest BCUT2D eigenvalue weighted by Gasteiger charge is 2.23. The smallest absolute Gasteiger partial charge is 0.260 e. The zero-order valence-corrected chi connectivity index (χ0v) is 16.2. The first kappa shape index (κ1) is 17.2. The standard InChI is InChI=1S/C23H20N2O2S/c26-22(18-12-11-16-6-1-2-7-17(16)14-18)25(15-19-8-5-13-27-19)23-24-20-9-3-4-10-21(20)28-23/h3-5,8-14H,1-2,6-7,15H2. The average Bonchev–Trinajstić information content (AvgIpc) is 3.40. The van der Waals surface area contributed by atoms with Crippen molar-refractivity contribution in [2.24, 2.45) is 0 Å². The predicted molar refractivity (Wildman–Crippen MR) is 112 cm³/mol. The van der Waals surface area contributed by atoms with E-state index in [1.54, 1.807) is 11.2 Å². The van der Waals surface area contributed by atoms with Gasteiger partial charge in [-0.3, -0.25) is 9.69 Å². The summed E-state index contributed by atoms with van der Waals surface area (Å²) in [6.45, 7) is 0.364. The zero-order chi connectivity index (χ0) is 18.9. The van der Waals surface area contributed by atoms with Crippen molar-refractivity contribution in [1.29, 1.82) is 0 Å². The summed E-state index contributed by atoms with van der Waals surface area (Å²) in [7, 11) is 0. The van der Waals surface area contributed by atoms with Gasteiger partial charge in [-0.25, -0.2) is 4.98 Å². The molecule has 2 aromatic heterocycles. The number of amides is 1. The summed E-state index contributed by atoms with van der Waals surface area (Å²) in [6.07, 6.45) is 6.22. The number of furan rings is 1. The molecular formula is C23H20N2O2S. The Kier molecular flexibility index (Phi) is 4.45. The Balaban J connectivity index is 1.54. The van der Waals surface area contributed by atoms with Gasteiger partial charge in [0, 0.05) is 5.56 Å². The van der Waals surface area contributed by atoms with Crippen LogP contribution in [0.1, 0.15) is 40.1 Å². The van der Waals surface area contributed by atoms with Gasteiger partial charge in [-0.1, -0.05) is 29.5 Å². The lowest BCUT2D eigenvalue weighted by atomic mass is 9.90. The van der Waals surface area contributed by atoms with Crippen LogP contribution in [-0.2, 0) is 19.4 Å². The largest absolute Gasteiger partial charge is 0.467 e. The number of para-hydroxylation sites is 1. The number of thiazole rings is 1. The lowest BCUT2D eigenvalue weighted by Gasteiger charge is -2.21. The number of anilines is 1. The van der Waals surface area contributed by atoms with Crippen LogP contribution in [0.5, 0.6) is 0 Å². The van der Waals surface area contributed by atoms with Crippen LogP contribution in [0.3, 0.4) is 0 Å². The number of carbonyl (C=O) groups is 1. The molecule has 0 radical (unpaired) electrons. The Morgan fingerprint density at radius 3 is 2.71 bits per heavy atom. The molecule has 1 aliphatic carbocycles. The number of hydrogen-bond acceptors (Lipinski definition) is 4. The maximum atomic E-state index is 13.5. The van der Waals surface area contributed by atoms with Crippen LogP contribution >= 0.6 is 11.3 Å². The van der Waals surface area contributed by atoms with Crippen molar-refractivity contribution in [2.45, 2.75) is 32.2 Å². The van der Waals surface area contributed by atoms with E-state index >= 15 is 0 Å². The van der Waals surface area contributed by atoms with Crippen molar-refractivity contribution in [1.82, 2.24) is 4.98 Å². The first-order chi connectivity index (χ1) is 13.8. The SMILES string of the molecule is O=C(c1ccc2c(c1)CCCC2)N(Cc1ccco1)c1nc2ccccc2s1. The van der Waals surface area contributed by atoms with Crippen LogP contribution < -0.4 is 4.90 Å². The van der Waals surface area contributed by atoms with E-state index in [1.165, 1.54) is 35.3 Å². The molecule has 2 heterocycles. The van der Waals surface area contributed by atoms with E-state index in [4.69, 9.17) is 9.40 Å². The molecule has 0 aliphatic heterocycles. The second-order valence-corrected chi connectivity index (χ2v) is 8.13. The molecule has 4 nitrogen and oxygen atoms in total. The number of hydrogen-bond donors (Lipinski definition) is 0. The van der Waals surface area contributed by atoms with Crippen molar-refractivity contribution >= 4 is 32.6 Å². The van der Waals surface area contributed by atoms with Gasteiger partial charge in [0.2, 0.25) is 0 Å². The molecule has 2 aromatic carbocycles. The molecule has 5 heteroatoms. The molecule has 0 saturated heterocycles. The maximum absolute atomic E-state index is 13.5. The van der Waals surface area contributed by atoms with Crippen molar-refractivity contribution in [2.75, 3.05) is 4.90 Å². The molecule has 1 amide bonds. The number of aryl methyl sites for hydroxylation is 2. The van der Waals surface area contributed by atoms with Crippen LogP contribution in [0.4, 0.5) is 5.13 Å². The van der Waals surface area contributed by atoms with Gasteiger partial charge in [0.25, 0.3) is 5.91 Å². The van der Waals surface area contributed by atoms with Gasteiger partial charge in [-0.2, -0.15) is 0 Å². The molecule has 5 rings (SSSR count). The third-order valence-electron chi connectivity index (χ3n) is 5.25. The summed E-state index contributed by atoms with van der Waals surface area (Å²) in [6, 6.07) is 17.8. The van der Waals surface area contributed by atoms with Gasteiger partial charge in [-0.15, -0.1) is 0 Å². The van der Waals surface area contributed by atoms with Crippen molar-refractivity contribution < 1.29 is 9.21 Å². The highest BCUT2D eigenvalue weighted by Crippen LogP contribution is 2.31. The predicted octanol–water partition coefficient (Wildman–Crippen LogP) is 5.62. The van der Waals surface area contributed by atoms with Crippen molar-refractivity contribution in [3.05, 3.63) is 83.3 Å². The fourth-order valence-corrected chi connectivity index (χ4v) is 4.75. The minimum Gasteiger partial charge on any atom is -0.467 e. The second kappa shape index (κ2) is 7.24. The first-order valence-corrected chi connectivity index (χ1v) is 10.4. The molecule has 0 unspecified atom stereocenters. The van der Waals surface area contributed by atoms with Gasteiger partial charge in [0.05, 0.1) is 23.0 Å². The van der Waals surface area contributed by atoms with Crippen LogP contribution in [-0.4, -0.2) is 10.9 Å². The van der Waals surface area contributed by atoms with E-state index in [2.05, 4.69) is 12.1 Å². The van der Waals surface area contributed by atoms with E-state index < -0.39 is 0 Å². The molecular weight excluding hydrogens is 368 g/mol. The molecule has 140 valence electrons. The Bertz CT molecular complexity index is 1100. The number of carbonyl (C=O) groups excluding carboxylic acids is 1. The summed E-state index contributed by atoms with van der Waals surface area (Å²) in [5, 5.41) is 0.695. The quantitative estimate of drug-likeness (QED) is 0.456. The van der Waals surface area contributed by atoms with Crippen LogP contribution in [0.2, 0.25) is 0 Å². The van der Waals surface area contributed by atoms with Crippen LogP contribution in [0.15, 0.2) is 65.3 Å². The summed E-state index contributed by atoms with van der Waals surface area (Å²) >= 11 is 1.53. The monoisotopic (exact) mass is 388 g/mol. The Morgan fingerprint density at radius 2 is 1.89 bits per heavy atom. The Hall–Kier alpha value is -2.92. The summed E-state index contributed by atoms with van der Waals surface area (Å²) in [5.41, 5.74) is 4.30. The fourth-order valence-electron chi connectivity index (χ4n) is 3.78. The number of rotatable bonds is 4. The van der Waals surface area contributed by atoms with E-state index in [9.17, 15) is 4.79 Å². The number of nitrogens with zero attached hydrogens (tertiary/aromatic N) is 2. The van der Waals surface area contributed by atoms with Gasteiger partial charge in [0.15, 0.2) is 5.13 Å². The van der Waals surface area contributed by atoms with E-state index in [0.29, 0.717) is 17.2 Å². The van der Waals surface area contributed by atoms with Crippen molar-refractivity contribution in [3.8, 4) is 0 Å². The van der Waals surface area contributed by atoms with Gasteiger partial charge >= 0.3 is 0 Å². The lowest BCUT2D eigenvalue weighted by Crippen LogP contribution is -2.30. The normalized spacial score (nSPS) is 13.4. The van der Waals surface area contributed by atoms with Gasteiger partial charge in [0.1, 0.15) is 5.76 Å². The van der Waals surface area contributed by atoms with Crippen molar-refractivity contribution in [3.63, 3.8) is 0 Å². The molecule has 28 heavy (non-hydrogen) atoms. The lowest BCUT2D eigenvalue weighted by molar-refractivity contribution is 0.0983. The fraction of sp³-hybridized carbons (Fsp3) is 0.217. The van der Waals surface area contributed by atoms with Crippen LogP contribution in [0.25, 0.3) is 10.2 Å². The van der Waals surface area contributed by atoms with Crippen LogP contribution in [0, 0.1) is 0 Å². The Labute approximate surface area is 167 Å². The first-order valence-electron chi connectivity index (χ1n) is 9.59. The second-order valence-electron chi connectivity index (χ2n) is 7.13.